The maximum absolute atomic E-state index is 10.8. The molecule has 0 spiro atoms. The first-order valence-corrected chi connectivity index (χ1v) is 5.96. The highest BCUT2D eigenvalue weighted by atomic mass is 32.1. The fraction of sp³-hybridized carbons (Fsp3) is 0.182. The largest absolute Gasteiger partial charge is 0.478 e. The van der Waals surface area contributed by atoms with Crippen LogP contribution in [0.25, 0.3) is 0 Å². The first kappa shape index (κ1) is 11.5. The summed E-state index contributed by atoms with van der Waals surface area (Å²) in [6, 6.07) is 6.94. The molecule has 0 unspecified atom stereocenters. The lowest BCUT2D eigenvalue weighted by molar-refractivity contribution is 0.0697. The molecule has 88 valence electrons. The average molecular weight is 249 g/mol. The summed E-state index contributed by atoms with van der Waals surface area (Å²) in [5, 5.41) is 20.3. The van der Waals surface area contributed by atoms with E-state index in [1.165, 1.54) is 11.3 Å². The second-order valence-corrected chi connectivity index (χ2v) is 4.26. The first-order valence-electron chi connectivity index (χ1n) is 5.08. The number of nitrogens with zero attached hydrogens (tertiary/aromatic N) is 2. The minimum Gasteiger partial charge on any atom is -0.478 e. The van der Waals surface area contributed by atoms with Crippen molar-refractivity contribution >= 4 is 22.4 Å². The number of nitrogens with one attached hydrogen (secondary N) is 1. The van der Waals surface area contributed by atoms with Crippen molar-refractivity contribution in [2.45, 2.75) is 6.42 Å². The number of hydrogen-bond acceptors (Lipinski definition) is 5. The summed E-state index contributed by atoms with van der Waals surface area (Å²) < 4.78 is 0. The summed E-state index contributed by atoms with van der Waals surface area (Å²) in [7, 11) is 0. The Labute approximate surface area is 102 Å². The highest BCUT2D eigenvalue weighted by molar-refractivity contribution is 7.13. The molecule has 0 aliphatic heterocycles. The van der Waals surface area contributed by atoms with E-state index < -0.39 is 5.97 Å². The van der Waals surface area contributed by atoms with Gasteiger partial charge in [0.1, 0.15) is 5.51 Å². The lowest BCUT2D eigenvalue weighted by Gasteiger charge is -2.03. The number of carbonyl (C=O) groups is 1. The normalized spacial score (nSPS) is 10.1. The summed E-state index contributed by atoms with van der Waals surface area (Å²) in [5.41, 5.74) is 2.97. The molecule has 1 aromatic carbocycles. The SMILES string of the molecule is O=C(O)c1cccc(CCNc2nncs2)c1. The third-order valence-corrected chi connectivity index (χ3v) is 2.87. The molecule has 1 heterocycles. The zero-order valence-corrected chi connectivity index (χ0v) is 9.78. The summed E-state index contributed by atoms with van der Waals surface area (Å²) in [4.78, 5) is 10.8. The number of carboxylic acids is 1. The molecule has 0 aliphatic rings. The van der Waals surface area contributed by atoms with Crippen LogP contribution in [-0.4, -0.2) is 27.8 Å². The summed E-state index contributed by atoms with van der Waals surface area (Å²) >= 11 is 1.44. The number of anilines is 1. The third kappa shape index (κ3) is 3.25. The molecule has 6 heteroatoms. The molecule has 2 aromatic rings. The Morgan fingerprint density at radius 3 is 3.06 bits per heavy atom. The Hall–Kier alpha value is -1.95. The molecule has 0 aliphatic carbocycles. The molecule has 0 saturated carbocycles. The lowest BCUT2D eigenvalue weighted by atomic mass is 10.1. The van der Waals surface area contributed by atoms with Crippen LogP contribution in [-0.2, 0) is 6.42 Å². The molecule has 0 atom stereocenters. The molecule has 2 N–H and O–H groups in total. The van der Waals surface area contributed by atoms with Gasteiger partial charge in [-0.2, -0.15) is 0 Å². The molecular formula is C11H11N3O2S. The standard InChI is InChI=1S/C11H11N3O2S/c15-10(16)9-3-1-2-8(6-9)4-5-12-11-14-13-7-17-11/h1-3,6-7H,4-5H2,(H,12,14)(H,15,16). The van der Waals surface area contributed by atoms with E-state index in [2.05, 4.69) is 15.5 Å². The molecular weight excluding hydrogens is 238 g/mol. The van der Waals surface area contributed by atoms with Crippen molar-refractivity contribution in [3.8, 4) is 0 Å². The molecule has 0 bridgehead atoms. The number of aromatic carboxylic acids is 1. The molecule has 0 amide bonds. The topological polar surface area (TPSA) is 75.1 Å². The Morgan fingerprint density at radius 1 is 1.47 bits per heavy atom. The van der Waals surface area contributed by atoms with E-state index in [9.17, 15) is 4.79 Å². The van der Waals surface area contributed by atoms with E-state index in [0.717, 1.165) is 17.1 Å². The number of rotatable bonds is 5. The van der Waals surface area contributed by atoms with Gasteiger partial charge in [-0.05, 0) is 24.1 Å². The van der Waals surface area contributed by atoms with Crippen molar-refractivity contribution in [2.24, 2.45) is 0 Å². The molecule has 1 aromatic heterocycles. The number of carboxylic acid groups (broad SMARTS) is 1. The van der Waals surface area contributed by atoms with Gasteiger partial charge < -0.3 is 10.4 Å². The van der Waals surface area contributed by atoms with E-state index in [-0.39, 0.29) is 0 Å². The van der Waals surface area contributed by atoms with E-state index >= 15 is 0 Å². The second-order valence-electron chi connectivity index (χ2n) is 3.43. The maximum Gasteiger partial charge on any atom is 0.335 e. The van der Waals surface area contributed by atoms with Crippen molar-refractivity contribution in [2.75, 3.05) is 11.9 Å². The highest BCUT2D eigenvalue weighted by Gasteiger charge is 2.03. The van der Waals surface area contributed by atoms with Gasteiger partial charge in [-0.1, -0.05) is 23.5 Å². The monoisotopic (exact) mass is 249 g/mol. The Kier molecular flexibility index (Phi) is 3.66. The van der Waals surface area contributed by atoms with Crippen molar-refractivity contribution in [1.82, 2.24) is 10.2 Å². The van der Waals surface area contributed by atoms with Crippen molar-refractivity contribution in [3.05, 3.63) is 40.9 Å². The second kappa shape index (κ2) is 5.40. The van der Waals surface area contributed by atoms with Gasteiger partial charge in [0.15, 0.2) is 0 Å². The lowest BCUT2D eigenvalue weighted by Crippen LogP contribution is -2.05. The van der Waals surface area contributed by atoms with E-state index in [1.54, 1.807) is 23.7 Å². The van der Waals surface area contributed by atoms with Gasteiger partial charge in [0.2, 0.25) is 5.13 Å². The van der Waals surface area contributed by atoms with Crippen molar-refractivity contribution in [1.29, 1.82) is 0 Å². The fourth-order valence-corrected chi connectivity index (χ4v) is 1.90. The predicted molar refractivity (Wildman–Crippen MR) is 65.5 cm³/mol. The number of aromatic nitrogens is 2. The first-order chi connectivity index (χ1) is 8.25. The van der Waals surface area contributed by atoms with E-state index in [4.69, 9.17) is 5.11 Å². The number of hydrogen-bond donors (Lipinski definition) is 2. The van der Waals surface area contributed by atoms with Crippen LogP contribution in [0.2, 0.25) is 0 Å². The van der Waals surface area contributed by atoms with Gasteiger partial charge in [-0.25, -0.2) is 4.79 Å². The third-order valence-electron chi connectivity index (χ3n) is 2.22. The summed E-state index contributed by atoms with van der Waals surface area (Å²) in [6.45, 7) is 0.707. The van der Waals surface area contributed by atoms with Crippen LogP contribution in [0, 0.1) is 0 Å². The Morgan fingerprint density at radius 2 is 2.35 bits per heavy atom. The van der Waals surface area contributed by atoms with Crippen LogP contribution in [0.4, 0.5) is 5.13 Å². The molecule has 17 heavy (non-hydrogen) atoms. The van der Waals surface area contributed by atoms with Crippen molar-refractivity contribution in [3.63, 3.8) is 0 Å². The molecule has 5 nitrogen and oxygen atoms in total. The summed E-state index contributed by atoms with van der Waals surface area (Å²) in [6.07, 6.45) is 0.751. The van der Waals surface area contributed by atoms with Gasteiger partial charge in [-0.15, -0.1) is 10.2 Å². The number of benzene rings is 1. The zero-order chi connectivity index (χ0) is 12.1. The smallest absolute Gasteiger partial charge is 0.335 e. The van der Waals surface area contributed by atoms with E-state index in [1.807, 2.05) is 6.07 Å². The van der Waals surface area contributed by atoms with Crippen LogP contribution in [0.5, 0.6) is 0 Å². The average Bonchev–Trinajstić information content (AvgIpc) is 2.82. The highest BCUT2D eigenvalue weighted by Crippen LogP contribution is 2.09. The van der Waals surface area contributed by atoms with Crippen LogP contribution in [0.15, 0.2) is 29.8 Å². The molecule has 0 fully saturated rings. The Bertz CT molecular complexity index is 499. The fourth-order valence-electron chi connectivity index (χ4n) is 1.42. The van der Waals surface area contributed by atoms with Crippen molar-refractivity contribution < 1.29 is 9.90 Å². The zero-order valence-electron chi connectivity index (χ0n) is 8.96. The minimum absolute atomic E-state index is 0.318. The van der Waals surface area contributed by atoms with E-state index in [0.29, 0.717) is 12.1 Å². The molecule has 0 radical (unpaired) electrons. The van der Waals surface area contributed by atoms with Crippen LogP contribution < -0.4 is 5.32 Å². The van der Waals surface area contributed by atoms with Gasteiger partial charge in [0, 0.05) is 6.54 Å². The van der Waals surface area contributed by atoms with Gasteiger partial charge in [0.25, 0.3) is 0 Å². The maximum atomic E-state index is 10.8. The predicted octanol–water partition coefficient (Wildman–Crippen LogP) is 1.89. The van der Waals surface area contributed by atoms with Gasteiger partial charge in [0.05, 0.1) is 5.56 Å². The van der Waals surface area contributed by atoms with Gasteiger partial charge in [-0.3, -0.25) is 0 Å². The van der Waals surface area contributed by atoms with Gasteiger partial charge >= 0.3 is 5.97 Å². The van der Waals surface area contributed by atoms with Crippen LogP contribution >= 0.6 is 11.3 Å². The van der Waals surface area contributed by atoms with Crippen LogP contribution in [0.3, 0.4) is 0 Å². The summed E-state index contributed by atoms with van der Waals surface area (Å²) in [5.74, 6) is -0.899. The van der Waals surface area contributed by atoms with Crippen LogP contribution in [0.1, 0.15) is 15.9 Å². The Balaban J connectivity index is 1.90. The quantitative estimate of drug-likeness (QED) is 0.846. The molecule has 2 rings (SSSR count). The minimum atomic E-state index is -0.899. The molecule has 0 saturated heterocycles.